The maximum Gasteiger partial charge on any atom is 0.209 e. The predicted molar refractivity (Wildman–Crippen MR) is 183 cm³/mol. The Bertz CT molecular complexity index is 1560. The van der Waals surface area contributed by atoms with Crippen LogP contribution in [0.2, 0.25) is 0 Å². The lowest BCUT2D eigenvalue weighted by molar-refractivity contribution is 0.103. The van der Waals surface area contributed by atoms with Crippen LogP contribution in [-0.2, 0) is 12.8 Å². The second-order valence-corrected chi connectivity index (χ2v) is 11.8. The zero-order chi connectivity index (χ0) is 29.9. The van der Waals surface area contributed by atoms with Crippen LogP contribution in [0.25, 0.3) is 33.5 Å². The Morgan fingerprint density at radius 1 is 0.535 bits per heavy atom. The average Bonchev–Trinajstić information content (AvgIpc) is 3.51. The number of benzene rings is 4. The fraction of sp³-hybridized carbons (Fsp3) is 0.293. The molecule has 0 fully saturated rings. The first kappa shape index (κ1) is 30.3. The van der Waals surface area contributed by atoms with E-state index in [4.69, 9.17) is 0 Å². The average molecular weight is 568 g/mol. The van der Waals surface area contributed by atoms with Crippen LogP contribution < -0.4 is 0 Å². The summed E-state index contributed by atoms with van der Waals surface area (Å²) in [5.41, 5.74) is 10.4. The molecule has 220 valence electrons. The Kier molecular flexibility index (Phi) is 10.8. The maximum absolute atomic E-state index is 14.0. The van der Waals surface area contributed by atoms with E-state index in [0.717, 1.165) is 46.4 Å². The van der Waals surface area contributed by atoms with Crippen molar-refractivity contribution >= 4 is 5.78 Å². The molecule has 1 aromatic heterocycles. The predicted octanol–water partition coefficient (Wildman–Crippen LogP) is 11.5. The van der Waals surface area contributed by atoms with Crippen molar-refractivity contribution in [3.8, 4) is 33.5 Å². The van der Waals surface area contributed by atoms with Crippen LogP contribution in [0.3, 0.4) is 0 Å². The van der Waals surface area contributed by atoms with Crippen molar-refractivity contribution in [1.82, 2.24) is 4.98 Å². The van der Waals surface area contributed by atoms with E-state index in [2.05, 4.69) is 85.6 Å². The third kappa shape index (κ3) is 8.02. The molecule has 0 aliphatic carbocycles. The molecule has 0 spiro atoms. The van der Waals surface area contributed by atoms with Crippen LogP contribution in [0, 0.1) is 0 Å². The molecule has 0 unspecified atom stereocenters. The molecule has 0 atom stereocenters. The summed E-state index contributed by atoms with van der Waals surface area (Å²) in [7, 11) is 0. The van der Waals surface area contributed by atoms with E-state index < -0.39 is 0 Å². The SMILES string of the molecule is CCCCCCc1ccc(-c2cc(-c3ccc(CCCCCC)cc3)c(C(=O)c3ccc(-c4ccccc4)cc3)[nH]2)cc1. The minimum absolute atomic E-state index is 0.0112. The molecule has 5 rings (SSSR count). The molecule has 0 radical (unpaired) electrons. The summed E-state index contributed by atoms with van der Waals surface area (Å²) in [6, 6.07) is 38.1. The van der Waals surface area contributed by atoms with Crippen molar-refractivity contribution < 1.29 is 4.79 Å². The lowest BCUT2D eigenvalue weighted by Gasteiger charge is -2.07. The number of hydrogen-bond donors (Lipinski definition) is 1. The van der Waals surface area contributed by atoms with E-state index in [1.165, 1.54) is 62.5 Å². The van der Waals surface area contributed by atoms with Crippen molar-refractivity contribution in [2.24, 2.45) is 0 Å². The van der Waals surface area contributed by atoms with E-state index in [1.807, 2.05) is 42.5 Å². The number of H-pyrrole nitrogens is 1. The van der Waals surface area contributed by atoms with Gasteiger partial charge in [-0.15, -0.1) is 0 Å². The molecule has 1 N–H and O–H groups in total. The van der Waals surface area contributed by atoms with E-state index in [9.17, 15) is 4.79 Å². The van der Waals surface area contributed by atoms with Crippen molar-refractivity contribution in [2.45, 2.75) is 78.1 Å². The topological polar surface area (TPSA) is 32.9 Å². The zero-order valence-corrected chi connectivity index (χ0v) is 25.9. The molecule has 2 nitrogen and oxygen atoms in total. The van der Waals surface area contributed by atoms with Crippen LogP contribution >= 0.6 is 0 Å². The first-order valence-corrected chi connectivity index (χ1v) is 16.3. The first-order chi connectivity index (χ1) is 21.2. The van der Waals surface area contributed by atoms with E-state index in [1.54, 1.807) is 0 Å². The molecule has 0 aliphatic heterocycles. The highest BCUT2D eigenvalue weighted by Crippen LogP contribution is 2.32. The van der Waals surface area contributed by atoms with Crippen molar-refractivity contribution in [3.05, 3.63) is 132 Å². The number of aromatic nitrogens is 1. The summed E-state index contributed by atoms with van der Waals surface area (Å²) in [6.07, 6.45) is 12.3. The van der Waals surface area contributed by atoms with Gasteiger partial charge in [0.15, 0.2) is 0 Å². The van der Waals surface area contributed by atoms with Gasteiger partial charge < -0.3 is 4.98 Å². The summed E-state index contributed by atoms with van der Waals surface area (Å²) in [5, 5.41) is 0. The zero-order valence-electron chi connectivity index (χ0n) is 25.9. The lowest BCUT2D eigenvalue weighted by Crippen LogP contribution is -2.03. The molecule has 0 saturated heterocycles. The number of unbranched alkanes of at least 4 members (excludes halogenated alkanes) is 6. The Morgan fingerprint density at radius 2 is 1.05 bits per heavy atom. The van der Waals surface area contributed by atoms with Gasteiger partial charge in [-0.25, -0.2) is 0 Å². The molecular formula is C41H45NO. The second kappa shape index (κ2) is 15.3. The van der Waals surface area contributed by atoms with Crippen LogP contribution in [0.1, 0.15) is 92.4 Å². The van der Waals surface area contributed by atoms with Gasteiger partial charge in [0.2, 0.25) is 5.78 Å². The van der Waals surface area contributed by atoms with Gasteiger partial charge in [0.1, 0.15) is 0 Å². The van der Waals surface area contributed by atoms with Gasteiger partial charge in [0.25, 0.3) is 0 Å². The van der Waals surface area contributed by atoms with Gasteiger partial charge >= 0.3 is 0 Å². The molecule has 43 heavy (non-hydrogen) atoms. The molecular weight excluding hydrogens is 522 g/mol. The number of nitrogens with one attached hydrogen (secondary N) is 1. The smallest absolute Gasteiger partial charge is 0.209 e. The molecule has 0 aliphatic rings. The standard InChI is InChI=1S/C41H45NO/c1-3-5-7-10-14-31-18-22-35(23-19-31)38-30-39(36-24-20-32(21-25-36)15-11-8-6-4-2)42-40(38)41(43)37-28-26-34(27-29-37)33-16-12-9-13-17-33/h9,12-13,16-30,42H,3-8,10-11,14-15H2,1-2H3. The summed E-state index contributed by atoms with van der Waals surface area (Å²) in [5.74, 6) is 0.0112. The highest BCUT2D eigenvalue weighted by atomic mass is 16.1. The molecule has 0 saturated carbocycles. The Morgan fingerprint density at radius 3 is 1.60 bits per heavy atom. The normalized spacial score (nSPS) is 11.1. The van der Waals surface area contributed by atoms with Gasteiger partial charge in [0, 0.05) is 16.8 Å². The summed E-state index contributed by atoms with van der Waals surface area (Å²) in [6.45, 7) is 4.50. The Hall–Kier alpha value is -4.17. The Labute approximate surface area is 258 Å². The van der Waals surface area contributed by atoms with E-state index >= 15 is 0 Å². The number of aromatic amines is 1. The van der Waals surface area contributed by atoms with Crippen molar-refractivity contribution in [2.75, 3.05) is 0 Å². The fourth-order valence-corrected chi connectivity index (χ4v) is 5.82. The minimum atomic E-state index is 0.0112. The van der Waals surface area contributed by atoms with E-state index in [-0.39, 0.29) is 5.78 Å². The van der Waals surface area contributed by atoms with Gasteiger partial charge in [-0.05, 0) is 65.1 Å². The minimum Gasteiger partial charge on any atom is -0.351 e. The summed E-state index contributed by atoms with van der Waals surface area (Å²) < 4.78 is 0. The molecule has 1 heterocycles. The molecule has 5 aromatic rings. The van der Waals surface area contributed by atoms with Gasteiger partial charge in [-0.3, -0.25) is 4.79 Å². The number of carbonyl (C=O) groups excluding carboxylic acids is 1. The summed E-state index contributed by atoms with van der Waals surface area (Å²) >= 11 is 0. The van der Waals surface area contributed by atoms with Crippen LogP contribution in [0.15, 0.2) is 109 Å². The third-order valence-electron chi connectivity index (χ3n) is 8.47. The molecule has 0 amide bonds. The first-order valence-electron chi connectivity index (χ1n) is 16.3. The number of carbonyl (C=O) groups is 1. The number of ketones is 1. The monoisotopic (exact) mass is 567 g/mol. The lowest BCUT2D eigenvalue weighted by atomic mass is 9.97. The van der Waals surface area contributed by atoms with Gasteiger partial charge in [-0.2, -0.15) is 0 Å². The molecule has 2 heteroatoms. The van der Waals surface area contributed by atoms with Crippen molar-refractivity contribution in [1.29, 1.82) is 0 Å². The fourth-order valence-electron chi connectivity index (χ4n) is 5.82. The third-order valence-corrected chi connectivity index (χ3v) is 8.47. The van der Waals surface area contributed by atoms with Gasteiger partial charge in [-0.1, -0.05) is 156 Å². The number of aryl methyl sites for hydroxylation is 2. The van der Waals surface area contributed by atoms with Crippen molar-refractivity contribution in [3.63, 3.8) is 0 Å². The van der Waals surface area contributed by atoms with Crippen LogP contribution in [0.5, 0.6) is 0 Å². The number of rotatable bonds is 15. The van der Waals surface area contributed by atoms with E-state index in [0.29, 0.717) is 11.3 Å². The second-order valence-electron chi connectivity index (χ2n) is 11.8. The largest absolute Gasteiger partial charge is 0.351 e. The maximum atomic E-state index is 14.0. The van der Waals surface area contributed by atoms with Crippen LogP contribution in [0.4, 0.5) is 0 Å². The molecule has 0 bridgehead atoms. The highest BCUT2D eigenvalue weighted by molar-refractivity contribution is 6.12. The molecule has 4 aromatic carbocycles. The van der Waals surface area contributed by atoms with Crippen LogP contribution in [-0.4, -0.2) is 10.8 Å². The quantitative estimate of drug-likeness (QED) is 0.0990. The Balaban J connectivity index is 1.42. The number of hydrogen-bond acceptors (Lipinski definition) is 1. The highest BCUT2D eigenvalue weighted by Gasteiger charge is 2.20. The van der Waals surface area contributed by atoms with Gasteiger partial charge in [0.05, 0.1) is 5.69 Å². The summed E-state index contributed by atoms with van der Waals surface area (Å²) in [4.78, 5) is 17.5.